The van der Waals surface area contributed by atoms with Crippen molar-refractivity contribution in [2.24, 2.45) is 0 Å². The van der Waals surface area contributed by atoms with Crippen molar-refractivity contribution in [1.82, 2.24) is 20.0 Å². The van der Waals surface area contributed by atoms with Gasteiger partial charge in [-0.1, -0.05) is 23.7 Å². The summed E-state index contributed by atoms with van der Waals surface area (Å²) in [6.45, 7) is 2.22. The van der Waals surface area contributed by atoms with Crippen LogP contribution in [0, 0.1) is 0 Å². The number of carbonyl (C=O) groups excluding carboxylic acids is 2. The fourth-order valence-corrected chi connectivity index (χ4v) is 3.98. The lowest BCUT2D eigenvalue weighted by atomic mass is 9.95. The lowest BCUT2D eigenvalue weighted by molar-refractivity contribution is -0.131. The van der Waals surface area contributed by atoms with Crippen LogP contribution in [0.3, 0.4) is 0 Å². The van der Waals surface area contributed by atoms with Gasteiger partial charge in [-0.05, 0) is 43.4 Å². The molecule has 0 atom stereocenters. The molecule has 1 aromatic heterocycles. The van der Waals surface area contributed by atoms with Gasteiger partial charge in [0.25, 0.3) is 5.91 Å². The summed E-state index contributed by atoms with van der Waals surface area (Å²) in [7, 11) is 0. The van der Waals surface area contributed by atoms with E-state index in [9.17, 15) is 9.59 Å². The third kappa shape index (κ3) is 3.86. The van der Waals surface area contributed by atoms with E-state index in [4.69, 9.17) is 11.6 Å². The number of H-pyrrole nitrogens is 1. The Morgan fingerprint density at radius 2 is 1.67 bits per heavy atom. The number of hydrogen-bond donors (Lipinski definition) is 1. The number of halogens is 1. The Balaban J connectivity index is 1.34. The number of nitrogens with zero attached hydrogens (tertiary/aromatic N) is 3. The fourth-order valence-electron chi connectivity index (χ4n) is 3.86. The quantitative estimate of drug-likeness (QED) is 0.881. The molecule has 2 amide bonds. The summed E-state index contributed by atoms with van der Waals surface area (Å²) < 4.78 is 0. The first-order valence-corrected chi connectivity index (χ1v) is 9.87. The number of aromatic amines is 1. The number of amides is 2. The third-order valence-corrected chi connectivity index (χ3v) is 5.70. The van der Waals surface area contributed by atoms with Gasteiger partial charge in [0.2, 0.25) is 5.91 Å². The molecule has 1 fully saturated rings. The number of rotatable bonds is 3. The van der Waals surface area contributed by atoms with E-state index in [0.717, 1.165) is 42.5 Å². The Bertz CT molecular complexity index is 838. The molecule has 7 heteroatoms. The summed E-state index contributed by atoms with van der Waals surface area (Å²) in [6.07, 6.45) is 4.52. The highest BCUT2D eigenvalue weighted by molar-refractivity contribution is 6.30. The summed E-state index contributed by atoms with van der Waals surface area (Å²) in [5.74, 6) is 0.0702. The van der Waals surface area contributed by atoms with Crippen molar-refractivity contribution in [3.8, 4) is 0 Å². The van der Waals surface area contributed by atoms with Crippen LogP contribution >= 0.6 is 11.6 Å². The molecule has 0 bridgehead atoms. The van der Waals surface area contributed by atoms with E-state index in [1.165, 1.54) is 0 Å². The van der Waals surface area contributed by atoms with Crippen LogP contribution in [0.5, 0.6) is 0 Å². The molecule has 4 rings (SSSR count). The predicted molar refractivity (Wildman–Crippen MR) is 103 cm³/mol. The van der Waals surface area contributed by atoms with Crippen LogP contribution in [0.2, 0.25) is 5.02 Å². The topological polar surface area (TPSA) is 69.3 Å². The maximum Gasteiger partial charge on any atom is 0.274 e. The van der Waals surface area contributed by atoms with Crippen molar-refractivity contribution < 1.29 is 9.59 Å². The first-order chi connectivity index (χ1) is 13.1. The monoisotopic (exact) mass is 386 g/mol. The molecule has 0 saturated carbocycles. The molecule has 142 valence electrons. The molecule has 1 aromatic carbocycles. The van der Waals surface area contributed by atoms with Gasteiger partial charge < -0.3 is 9.80 Å². The van der Waals surface area contributed by atoms with E-state index in [0.29, 0.717) is 43.3 Å². The van der Waals surface area contributed by atoms with Crippen molar-refractivity contribution >= 4 is 23.4 Å². The lowest BCUT2D eigenvalue weighted by Crippen LogP contribution is -2.51. The van der Waals surface area contributed by atoms with E-state index < -0.39 is 0 Å². The Labute approximate surface area is 163 Å². The normalized spacial score (nSPS) is 16.9. The van der Waals surface area contributed by atoms with E-state index in [2.05, 4.69) is 10.2 Å². The molecule has 1 saturated heterocycles. The molecule has 0 spiro atoms. The summed E-state index contributed by atoms with van der Waals surface area (Å²) in [5.41, 5.74) is 3.73. The van der Waals surface area contributed by atoms with Crippen molar-refractivity contribution in [3.05, 3.63) is 51.8 Å². The Hall–Kier alpha value is -2.34. The number of piperazine rings is 1. The van der Waals surface area contributed by atoms with Crippen LogP contribution in [0.1, 0.15) is 40.2 Å². The number of aromatic nitrogens is 2. The molecule has 1 aliphatic heterocycles. The fraction of sp³-hybridized carbons (Fsp3) is 0.450. The molecular weight excluding hydrogens is 364 g/mol. The maximum absolute atomic E-state index is 12.9. The van der Waals surface area contributed by atoms with Gasteiger partial charge in [0.1, 0.15) is 0 Å². The van der Waals surface area contributed by atoms with E-state index in [1.54, 1.807) is 12.1 Å². The third-order valence-electron chi connectivity index (χ3n) is 5.45. The summed E-state index contributed by atoms with van der Waals surface area (Å²) in [6, 6.07) is 7.35. The highest BCUT2D eigenvalue weighted by Crippen LogP contribution is 2.23. The maximum atomic E-state index is 12.9. The predicted octanol–water partition coefficient (Wildman–Crippen LogP) is 2.47. The average Bonchev–Trinajstić information content (AvgIpc) is 3.13. The molecule has 2 aromatic rings. The number of carbonyl (C=O) groups is 2. The van der Waals surface area contributed by atoms with Gasteiger partial charge >= 0.3 is 0 Å². The largest absolute Gasteiger partial charge is 0.339 e. The lowest BCUT2D eigenvalue weighted by Gasteiger charge is -2.34. The zero-order chi connectivity index (χ0) is 18.8. The summed E-state index contributed by atoms with van der Waals surface area (Å²) in [5, 5.41) is 7.98. The zero-order valence-electron chi connectivity index (χ0n) is 15.2. The van der Waals surface area contributed by atoms with E-state index in [-0.39, 0.29) is 11.8 Å². The molecule has 2 heterocycles. The Morgan fingerprint density at radius 3 is 2.41 bits per heavy atom. The molecule has 1 aliphatic carbocycles. The van der Waals surface area contributed by atoms with Crippen molar-refractivity contribution in [2.75, 3.05) is 26.2 Å². The highest BCUT2D eigenvalue weighted by Gasteiger charge is 2.29. The SMILES string of the molecule is O=C(Cc1ccc(Cl)cc1)N1CCN(C(=O)c2n[nH]c3c2CCCC3)CC1. The summed E-state index contributed by atoms with van der Waals surface area (Å²) in [4.78, 5) is 29.0. The second-order valence-corrected chi connectivity index (χ2v) is 7.65. The smallest absolute Gasteiger partial charge is 0.274 e. The van der Waals surface area contributed by atoms with Gasteiger partial charge in [-0.15, -0.1) is 0 Å². The number of hydrogen-bond acceptors (Lipinski definition) is 3. The molecular formula is C20H23ClN4O2. The summed E-state index contributed by atoms with van der Waals surface area (Å²) >= 11 is 5.89. The van der Waals surface area contributed by atoms with Gasteiger partial charge in [0, 0.05) is 42.5 Å². The molecule has 27 heavy (non-hydrogen) atoms. The van der Waals surface area contributed by atoms with Crippen LogP contribution in [0.15, 0.2) is 24.3 Å². The molecule has 2 aliphatic rings. The van der Waals surface area contributed by atoms with Crippen LogP contribution in [-0.2, 0) is 24.1 Å². The molecule has 6 nitrogen and oxygen atoms in total. The first-order valence-electron chi connectivity index (χ1n) is 9.49. The molecule has 0 radical (unpaired) electrons. The van der Waals surface area contributed by atoms with Crippen molar-refractivity contribution in [3.63, 3.8) is 0 Å². The standard InChI is InChI=1S/C20H23ClN4O2/c21-15-7-5-14(6-8-15)13-18(26)24-9-11-25(12-10-24)20(27)19-16-3-1-2-4-17(16)22-23-19/h5-8H,1-4,9-13H2,(H,22,23). The number of aryl methyl sites for hydroxylation is 1. The molecule has 0 unspecified atom stereocenters. The second-order valence-electron chi connectivity index (χ2n) is 7.21. The van der Waals surface area contributed by atoms with Gasteiger partial charge in [-0.25, -0.2) is 0 Å². The van der Waals surface area contributed by atoms with Crippen LogP contribution < -0.4 is 0 Å². The zero-order valence-corrected chi connectivity index (χ0v) is 16.0. The molecule has 1 N–H and O–H groups in total. The van der Waals surface area contributed by atoms with E-state index in [1.807, 2.05) is 21.9 Å². The van der Waals surface area contributed by atoms with Gasteiger partial charge in [-0.2, -0.15) is 5.10 Å². The van der Waals surface area contributed by atoms with Crippen LogP contribution in [0.4, 0.5) is 0 Å². The van der Waals surface area contributed by atoms with Crippen molar-refractivity contribution in [1.29, 1.82) is 0 Å². The Kier molecular flexibility index (Phi) is 5.16. The van der Waals surface area contributed by atoms with E-state index >= 15 is 0 Å². The highest BCUT2D eigenvalue weighted by atomic mass is 35.5. The Morgan fingerprint density at radius 1 is 1.00 bits per heavy atom. The van der Waals surface area contributed by atoms with Gasteiger partial charge in [0.05, 0.1) is 6.42 Å². The number of fused-ring (bicyclic) bond motifs is 1. The number of nitrogens with one attached hydrogen (secondary N) is 1. The average molecular weight is 387 g/mol. The second kappa shape index (κ2) is 7.72. The first kappa shape index (κ1) is 18.0. The minimum atomic E-state index is -0.0146. The minimum Gasteiger partial charge on any atom is -0.339 e. The van der Waals surface area contributed by atoms with Gasteiger partial charge in [-0.3, -0.25) is 14.7 Å². The number of benzene rings is 1. The van der Waals surface area contributed by atoms with Crippen molar-refractivity contribution in [2.45, 2.75) is 32.1 Å². The van der Waals surface area contributed by atoms with Gasteiger partial charge in [0.15, 0.2) is 5.69 Å². The van der Waals surface area contributed by atoms with Crippen LogP contribution in [-0.4, -0.2) is 58.0 Å². The van der Waals surface area contributed by atoms with Crippen LogP contribution in [0.25, 0.3) is 0 Å². The minimum absolute atomic E-state index is 0.0146.